The number of hydrogen-bond acceptors (Lipinski definition) is 9. The molecule has 220 valence electrons. The molecule has 5 rings (SSSR count). The van der Waals surface area contributed by atoms with Crippen LogP contribution in [0.4, 0.5) is 0 Å². The summed E-state index contributed by atoms with van der Waals surface area (Å²) in [5.41, 5.74) is 3.84. The first-order chi connectivity index (χ1) is 19.7. The molecule has 2 aliphatic heterocycles. The average Bonchev–Trinajstić information content (AvgIpc) is 3.52. The van der Waals surface area contributed by atoms with Crippen LogP contribution < -0.4 is 5.48 Å². The lowest BCUT2D eigenvalue weighted by molar-refractivity contribution is -0.202. The van der Waals surface area contributed by atoms with E-state index in [9.17, 15) is 21.6 Å². The van der Waals surface area contributed by atoms with Crippen molar-refractivity contribution in [3.05, 3.63) is 72.6 Å². The summed E-state index contributed by atoms with van der Waals surface area (Å²) in [4.78, 5) is 23.8. The zero-order valence-electron chi connectivity index (χ0n) is 22.3. The number of carbonyl (C=O) groups excluding carboxylic acids is 1. The van der Waals surface area contributed by atoms with E-state index in [1.54, 1.807) is 30.5 Å². The Bertz CT molecular complexity index is 1530. The monoisotopic (exact) mass is 620 g/mol. The summed E-state index contributed by atoms with van der Waals surface area (Å²) in [7, 11) is -7.96. The van der Waals surface area contributed by atoms with E-state index in [2.05, 4.69) is 10.5 Å². The summed E-state index contributed by atoms with van der Waals surface area (Å²) >= 11 is 1.10. The maximum Gasteiger partial charge on any atom is 0.263 e. The van der Waals surface area contributed by atoms with Crippen molar-refractivity contribution in [3.63, 3.8) is 0 Å². The van der Waals surface area contributed by atoms with Gasteiger partial charge in [0.25, 0.3) is 15.9 Å². The number of aryl methyl sites for hydroxylation is 1. The van der Waals surface area contributed by atoms with Gasteiger partial charge in [-0.2, -0.15) is 8.61 Å². The molecule has 1 aromatic carbocycles. The molecule has 2 aromatic heterocycles. The largest absolute Gasteiger partial charge is 0.350 e. The van der Waals surface area contributed by atoms with Crippen LogP contribution in [-0.4, -0.2) is 80.7 Å². The van der Waals surface area contributed by atoms with Gasteiger partial charge in [0.05, 0.1) is 5.75 Å². The quantitative estimate of drug-likeness (QED) is 0.342. The van der Waals surface area contributed by atoms with E-state index in [-0.39, 0.29) is 36.0 Å². The second kappa shape index (κ2) is 13.1. The lowest BCUT2D eigenvalue weighted by atomic mass is 10.2. The summed E-state index contributed by atoms with van der Waals surface area (Å²) in [6, 6.07) is 16.6. The number of pyridine rings is 1. The Morgan fingerprint density at radius 1 is 1.02 bits per heavy atom. The molecule has 14 heteroatoms. The molecule has 2 saturated heterocycles. The number of rotatable bonds is 10. The average molecular weight is 621 g/mol. The SMILES string of the molecule is O=C(NOC1CCCCO1)C1CN(S(=O)(=O)CCc2ccccn2)CCN1S(=O)(=O)c1ccc(-c2ccccc2)s1. The number of piperazine rings is 1. The molecule has 41 heavy (non-hydrogen) atoms. The zero-order valence-corrected chi connectivity index (χ0v) is 24.7. The molecule has 0 aliphatic carbocycles. The van der Waals surface area contributed by atoms with Crippen LogP contribution in [0.3, 0.4) is 0 Å². The van der Waals surface area contributed by atoms with Crippen molar-refractivity contribution >= 4 is 37.3 Å². The number of amides is 1. The third-order valence-electron chi connectivity index (χ3n) is 6.96. The number of hydroxylamine groups is 1. The van der Waals surface area contributed by atoms with Gasteiger partial charge in [0, 0.05) is 55.9 Å². The number of nitrogens with one attached hydrogen (secondary N) is 1. The van der Waals surface area contributed by atoms with Gasteiger partial charge >= 0.3 is 0 Å². The Kier molecular flexibility index (Phi) is 9.49. The molecule has 4 heterocycles. The van der Waals surface area contributed by atoms with Crippen LogP contribution in [-0.2, 0) is 40.8 Å². The Balaban J connectivity index is 1.36. The molecule has 0 bridgehead atoms. The molecule has 0 spiro atoms. The summed E-state index contributed by atoms with van der Waals surface area (Å²) < 4.78 is 62.0. The summed E-state index contributed by atoms with van der Waals surface area (Å²) in [5.74, 6) is -0.977. The Labute approximate surface area is 244 Å². The van der Waals surface area contributed by atoms with Crippen molar-refractivity contribution in [2.24, 2.45) is 0 Å². The lowest BCUT2D eigenvalue weighted by Crippen LogP contribution is -2.61. The molecule has 2 aliphatic rings. The van der Waals surface area contributed by atoms with Crippen LogP contribution in [0.5, 0.6) is 0 Å². The highest BCUT2D eigenvalue weighted by atomic mass is 32.2. The molecule has 0 radical (unpaired) electrons. The van der Waals surface area contributed by atoms with Crippen molar-refractivity contribution < 1.29 is 31.2 Å². The Morgan fingerprint density at radius 3 is 2.56 bits per heavy atom. The van der Waals surface area contributed by atoms with Crippen LogP contribution in [0.2, 0.25) is 0 Å². The van der Waals surface area contributed by atoms with Gasteiger partial charge in [-0.1, -0.05) is 36.4 Å². The molecule has 2 atom stereocenters. The second-order valence-corrected chi connectivity index (χ2v) is 15.0. The van der Waals surface area contributed by atoms with Crippen LogP contribution in [0, 0.1) is 0 Å². The highest BCUT2D eigenvalue weighted by molar-refractivity contribution is 7.91. The number of carbonyl (C=O) groups is 1. The number of nitrogens with zero attached hydrogens (tertiary/aromatic N) is 3. The molecule has 3 aromatic rings. The topological polar surface area (TPSA) is 135 Å². The summed E-state index contributed by atoms with van der Waals surface area (Å²) in [6.07, 6.45) is 3.48. The van der Waals surface area contributed by atoms with E-state index in [1.807, 2.05) is 30.3 Å². The lowest BCUT2D eigenvalue weighted by Gasteiger charge is -2.38. The minimum absolute atomic E-state index is 0.0668. The number of aromatic nitrogens is 1. The van der Waals surface area contributed by atoms with Crippen molar-refractivity contribution in [2.45, 2.75) is 42.2 Å². The van der Waals surface area contributed by atoms with E-state index >= 15 is 0 Å². The van der Waals surface area contributed by atoms with Gasteiger partial charge in [0.15, 0.2) is 6.29 Å². The maximum atomic E-state index is 13.8. The molecule has 2 fully saturated rings. The van der Waals surface area contributed by atoms with Crippen LogP contribution in [0.1, 0.15) is 25.0 Å². The fraction of sp³-hybridized carbons (Fsp3) is 0.407. The van der Waals surface area contributed by atoms with Crippen LogP contribution >= 0.6 is 11.3 Å². The minimum atomic E-state index is -4.14. The number of sulfonamides is 2. The molecule has 11 nitrogen and oxygen atoms in total. The van der Waals surface area contributed by atoms with Gasteiger partial charge in [-0.25, -0.2) is 27.2 Å². The number of benzene rings is 1. The highest BCUT2D eigenvalue weighted by Crippen LogP contribution is 2.33. The van der Waals surface area contributed by atoms with Gasteiger partial charge < -0.3 is 4.74 Å². The maximum absolute atomic E-state index is 13.8. The van der Waals surface area contributed by atoms with Crippen molar-refractivity contribution in [1.29, 1.82) is 0 Å². The molecular formula is C27H32N4O7S3. The zero-order chi connectivity index (χ0) is 28.9. The standard InChI is InChI=1S/C27H32N4O7S3/c32-27(29-38-25-11-5-7-18-37-25)23-20-30(40(33,34)19-14-22-10-4-6-15-28-22)16-17-31(23)41(35,36)26-13-12-24(39-26)21-8-2-1-3-9-21/h1-4,6,8-10,12-13,15,23,25H,5,7,11,14,16-20H2,(H,29,32). The van der Waals surface area contributed by atoms with Gasteiger partial charge in [0.1, 0.15) is 10.3 Å². The smallest absolute Gasteiger partial charge is 0.263 e. The van der Waals surface area contributed by atoms with Crippen LogP contribution in [0.15, 0.2) is 71.1 Å². The number of ether oxygens (including phenoxy) is 1. The third-order valence-corrected chi connectivity index (χ3v) is 12.3. The van der Waals surface area contributed by atoms with Gasteiger partial charge in [0.2, 0.25) is 10.0 Å². The van der Waals surface area contributed by atoms with Crippen molar-refractivity contribution in [1.82, 2.24) is 19.1 Å². The molecular weight excluding hydrogens is 589 g/mol. The molecule has 1 amide bonds. The molecule has 0 saturated carbocycles. The summed E-state index contributed by atoms with van der Waals surface area (Å²) in [5, 5.41) is 0. The fourth-order valence-electron chi connectivity index (χ4n) is 4.73. The van der Waals surface area contributed by atoms with Gasteiger partial charge in [-0.3, -0.25) is 9.78 Å². The Hall–Kier alpha value is -2.72. The first-order valence-corrected chi connectivity index (χ1v) is 17.2. The predicted octanol–water partition coefficient (Wildman–Crippen LogP) is 2.63. The third kappa shape index (κ3) is 7.20. The fourth-order valence-corrected chi connectivity index (χ4v) is 9.20. The molecule has 2 unspecified atom stereocenters. The minimum Gasteiger partial charge on any atom is -0.350 e. The van der Waals surface area contributed by atoms with E-state index in [0.717, 1.165) is 38.9 Å². The summed E-state index contributed by atoms with van der Waals surface area (Å²) in [6.45, 7) is -0.130. The number of thiophene rings is 1. The van der Waals surface area contributed by atoms with E-state index in [1.165, 1.54) is 10.4 Å². The normalized spacial score (nSPS) is 21.0. The van der Waals surface area contributed by atoms with Crippen LogP contribution in [0.25, 0.3) is 10.4 Å². The molecule has 1 N–H and O–H groups in total. The van der Waals surface area contributed by atoms with Gasteiger partial charge in [-0.15, -0.1) is 11.3 Å². The second-order valence-electron chi connectivity index (χ2n) is 9.74. The van der Waals surface area contributed by atoms with Crippen molar-refractivity contribution in [2.75, 3.05) is 32.0 Å². The van der Waals surface area contributed by atoms with E-state index in [0.29, 0.717) is 18.7 Å². The van der Waals surface area contributed by atoms with E-state index < -0.39 is 38.3 Å². The highest BCUT2D eigenvalue weighted by Gasteiger charge is 2.44. The van der Waals surface area contributed by atoms with E-state index in [4.69, 9.17) is 9.57 Å². The first-order valence-electron chi connectivity index (χ1n) is 13.4. The number of hydrogen-bond donors (Lipinski definition) is 1. The van der Waals surface area contributed by atoms with Crippen molar-refractivity contribution in [3.8, 4) is 10.4 Å². The first kappa shape index (κ1) is 29.8. The Morgan fingerprint density at radius 2 is 1.83 bits per heavy atom. The van der Waals surface area contributed by atoms with Gasteiger partial charge in [-0.05, 0) is 42.7 Å². The predicted molar refractivity (Wildman–Crippen MR) is 154 cm³/mol.